The summed E-state index contributed by atoms with van der Waals surface area (Å²) in [4.78, 5) is 12.4. The number of benzene rings is 1. The van der Waals surface area contributed by atoms with E-state index in [1.54, 1.807) is 12.1 Å². The minimum absolute atomic E-state index is 0.133. The van der Waals surface area contributed by atoms with Gasteiger partial charge in [-0.3, -0.25) is 10.1 Å². The maximum atomic E-state index is 10.7. The first-order valence-electron chi connectivity index (χ1n) is 5.75. The molecule has 4 nitrogen and oxygen atoms in total. The van der Waals surface area contributed by atoms with Crippen LogP contribution in [-0.2, 0) is 6.42 Å². The van der Waals surface area contributed by atoms with Gasteiger partial charge < -0.3 is 4.90 Å². The van der Waals surface area contributed by atoms with Crippen molar-refractivity contribution in [3.8, 4) is 0 Å². The average Bonchev–Trinajstić information content (AvgIpc) is 2.37. The van der Waals surface area contributed by atoms with E-state index >= 15 is 0 Å². The van der Waals surface area contributed by atoms with Gasteiger partial charge >= 0.3 is 0 Å². The molecule has 18 heavy (non-hydrogen) atoms. The van der Waals surface area contributed by atoms with E-state index in [2.05, 4.69) is 4.90 Å². The summed E-state index contributed by atoms with van der Waals surface area (Å²) in [6, 6.07) is 6.71. The Morgan fingerprint density at radius 3 is 2.39 bits per heavy atom. The van der Waals surface area contributed by atoms with Gasteiger partial charge in [0.1, 0.15) is 0 Å². The number of hydrogen-bond donors (Lipinski definition) is 0. The van der Waals surface area contributed by atoms with Crippen molar-refractivity contribution in [3.63, 3.8) is 0 Å². The van der Waals surface area contributed by atoms with Gasteiger partial charge in [0.15, 0.2) is 0 Å². The molecule has 0 saturated carbocycles. The Morgan fingerprint density at radius 2 is 1.83 bits per heavy atom. The molecule has 6 heteroatoms. The Morgan fingerprint density at radius 1 is 1.17 bits per heavy atom. The third kappa shape index (κ3) is 5.21. The van der Waals surface area contributed by atoms with E-state index in [-0.39, 0.29) is 10.6 Å². The molecule has 0 aliphatic carbocycles. The Hall–Kier alpha value is -0.840. The van der Waals surface area contributed by atoms with Gasteiger partial charge in [-0.25, -0.2) is 0 Å². The minimum atomic E-state index is -0.376. The topological polar surface area (TPSA) is 46.4 Å². The van der Waals surface area contributed by atoms with E-state index in [0.29, 0.717) is 11.8 Å². The van der Waals surface area contributed by atoms with Crippen molar-refractivity contribution >= 4 is 28.9 Å². The first-order valence-corrected chi connectivity index (χ1v) is 6.82. The summed E-state index contributed by atoms with van der Waals surface area (Å²) in [5.74, 6) is 1.12. The molecular weight excluding hydrogens is 275 g/mol. The van der Waals surface area contributed by atoms with Crippen LogP contribution in [0.5, 0.6) is 0 Å². The molecule has 0 spiro atoms. The molecule has 1 aromatic rings. The summed E-state index contributed by atoms with van der Waals surface area (Å²) < 4.78 is 0. The normalized spacial score (nSPS) is 10.8. The molecule has 1 aromatic carbocycles. The Bertz CT molecular complexity index is 382. The van der Waals surface area contributed by atoms with E-state index in [9.17, 15) is 10.1 Å². The standard InChI is InChI=1S/C12H16Cl2N2O2/c13-5-8-15(9-6-14)7-4-11-2-1-3-12(10-11)16(17)18/h1-3,10H,4-9H2. The summed E-state index contributed by atoms with van der Waals surface area (Å²) in [5.41, 5.74) is 1.09. The van der Waals surface area contributed by atoms with Crippen LogP contribution in [0.3, 0.4) is 0 Å². The molecular formula is C12H16Cl2N2O2. The lowest BCUT2D eigenvalue weighted by Gasteiger charge is -2.19. The first kappa shape index (κ1) is 15.2. The summed E-state index contributed by atoms with van der Waals surface area (Å²) in [5, 5.41) is 10.7. The van der Waals surface area contributed by atoms with Crippen LogP contribution < -0.4 is 0 Å². The van der Waals surface area contributed by atoms with Crippen molar-refractivity contribution in [2.24, 2.45) is 0 Å². The second kappa shape index (κ2) is 8.29. The van der Waals surface area contributed by atoms with Crippen molar-refractivity contribution in [2.75, 3.05) is 31.4 Å². The lowest BCUT2D eigenvalue weighted by atomic mass is 10.1. The lowest BCUT2D eigenvalue weighted by Crippen LogP contribution is -2.30. The summed E-state index contributed by atoms with van der Waals surface area (Å²) in [6.45, 7) is 2.37. The zero-order valence-electron chi connectivity index (χ0n) is 10.0. The van der Waals surface area contributed by atoms with Gasteiger partial charge in [0, 0.05) is 43.5 Å². The minimum Gasteiger partial charge on any atom is -0.301 e. The highest BCUT2D eigenvalue weighted by Gasteiger charge is 2.07. The number of alkyl halides is 2. The third-order valence-electron chi connectivity index (χ3n) is 2.64. The number of rotatable bonds is 8. The Kier molecular flexibility index (Phi) is 7.01. The molecule has 0 N–H and O–H groups in total. The van der Waals surface area contributed by atoms with Crippen molar-refractivity contribution in [1.29, 1.82) is 0 Å². The predicted molar refractivity (Wildman–Crippen MR) is 74.7 cm³/mol. The molecule has 0 saturated heterocycles. The van der Waals surface area contributed by atoms with E-state index < -0.39 is 0 Å². The molecule has 0 aliphatic heterocycles. The maximum Gasteiger partial charge on any atom is 0.269 e. The van der Waals surface area contributed by atoms with Crippen LogP contribution in [-0.4, -0.2) is 41.2 Å². The van der Waals surface area contributed by atoms with Gasteiger partial charge in [-0.2, -0.15) is 0 Å². The van der Waals surface area contributed by atoms with E-state index in [1.807, 2.05) is 6.07 Å². The molecule has 0 fully saturated rings. The van der Waals surface area contributed by atoms with E-state index in [1.165, 1.54) is 6.07 Å². The van der Waals surface area contributed by atoms with E-state index in [4.69, 9.17) is 23.2 Å². The van der Waals surface area contributed by atoms with Gasteiger partial charge in [-0.15, -0.1) is 23.2 Å². The lowest BCUT2D eigenvalue weighted by molar-refractivity contribution is -0.384. The number of nitro benzene ring substituents is 1. The van der Waals surface area contributed by atoms with Gasteiger partial charge in [0.25, 0.3) is 5.69 Å². The van der Waals surface area contributed by atoms with Crippen LogP contribution in [0.25, 0.3) is 0 Å². The fourth-order valence-electron chi connectivity index (χ4n) is 1.69. The largest absolute Gasteiger partial charge is 0.301 e. The van der Waals surface area contributed by atoms with Crippen molar-refractivity contribution in [3.05, 3.63) is 39.9 Å². The molecule has 0 bridgehead atoms. The second-order valence-corrected chi connectivity index (χ2v) is 4.65. The number of non-ortho nitro benzene ring substituents is 1. The van der Waals surface area contributed by atoms with Gasteiger partial charge in [-0.1, -0.05) is 12.1 Å². The average molecular weight is 291 g/mol. The van der Waals surface area contributed by atoms with Gasteiger partial charge in [0.05, 0.1) is 4.92 Å². The molecule has 1 rings (SSSR count). The summed E-state index contributed by atoms with van der Waals surface area (Å²) >= 11 is 11.4. The Labute approximate surface area is 117 Å². The highest BCUT2D eigenvalue weighted by molar-refractivity contribution is 6.18. The zero-order valence-corrected chi connectivity index (χ0v) is 11.5. The zero-order chi connectivity index (χ0) is 13.4. The molecule has 100 valence electrons. The quantitative estimate of drug-likeness (QED) is 0.420. The highest BCUT2D eigenvalue weighted by Crippen LogP contribution is 2.13. The van der Waals surface area contributed by atoms with Gasteiger partial charge in [0.2, 0.25) is 0 Å². The monoisotopic (exact) mass is 290 g/mol. The number of hydrogen-bond acceptors (Lipinski definition) is 3. The molecule has 0 radical (unpaired) electrons. The van der Waals surface area contributed by atoms with Crippen LogP contribution in [0.1, 0.15) is 5.56 Å². The molecule has 0 heterocycles. The fourth-order valence-corrected chi connectivity index (χ4v) is 2.17. The fraction of sp³-hybridized carbons (Fsp3) is 0.500. The highest BCUT2D eigenvalue weighted by atomic mass is 35.5. The number of halogens is 2. The van der Waals surface area contributed by atoms with Crippen molar-refractivity contribution in [1.82, 2.24) is 4.90 Å². The van der Waals surface area contributed by atoms with Gasteiger partial charge in [-0.05, 0) is 12.0 Å². The summed E-state index contributed by atoms with van der Waals surface area (Å²) in [6.07, 6.45) is 0.759. The molecule has 0 atom stereocenters. The molecule has 0 amide bonds. The second-order valence-electron chi connectivity index (χ2n) is 3.90. The van der Waals surface area contributed by atoms with Crippen LogP contribution >= 0.6 is 23.2 Å². The first-order chi connectivity index (χ1) is 8.67. The van der Waals surface area contributed by atoms with Crippen LogP contribution in [0.4, 0.5) is 5.69 Å². The number of nitrogens with zero attached hydrogens (tertiary/aromatic N) is 2. The predicted octanol–water partition coefficient (Wildman–Crippen LogP) is 2.92. The Balaban J connectivity index is 2.55. The molecule has 0 unspecified atom stereocenters. The molecule has 0 aliphatic rings. The smallest absolute Gasteiger partial charge is 0.269 e. The van der Waals surface area contributed by atoms with E-state index in [0.717, 1.165) is 31.6 Å². The molecule has 0 aromatic heterocycles. The van der Waals surface area contributed by atoms with Crippen LogP contribution in [0.2, 0.25) is 0 Å². The van der Waals surface area contributed by atoms with Crippen molar-refractivity contribution in [2.45, 2.75) is 6.42 Å². The SMILES string of the molecule is O=[N+]([O-])c1cccc(CCN(CCCl)CCCl)c1. The van der Waals surface area contributed by atoms with Crippen molar-refractivity contribution < 1.29 is 4.92 Å². The maximum absolute atomic E-state index is 10.7. The van der Waals surface area contributed by atoms with Crippen LogP contribution in [0, 0.1) is 10.1 Å². The number of nitro groups is 1. The summed E-state index contributed by atoms with van der Waals surface area (Å²) in [7, 11) is 0. The third-order valence-corrected chi connectivity index (χ3v) is 2.98. The van der Waals surface area contributed by atoms with Crippen LogP contribution in [0.15, 0.2) is 24.3 Å².